The second-order valence-corrected chi connectivity index (χ2v) is 6.22. The molecule has 4 heteroatoms. The highest BCUT2D eigenvalue weighted by molar-refractivity contribution is 5.85. The van der Waals surface area contributed by atoms with E-state index in [1.165, 1.54) is 32.1 Å². The molecule has 1 amide bonds. The van der Waals surface area contributed by atoms with Gasteiger partial charge in [-0.05, 0) is 31.1 Å². The molecule has 1 fully saturated rings. The van der Waals surface area contributed by atoms with E-state index in [4.69, 9.17) is 5.73 Å². The summed E-state index contributed by atoms with van der Waals surface area (Å²) in [4.78, 5) is 14.0. The number of amides is 1. The third-order valence-electron chi connectivity index (χ3n) is 4.27. The number of hydrogen-bond acceptors (Lipinski definition) is 2. The Morgan fingerprint density at radius 3 is 2.37 bits per heavy atom. The van der Waals surface area contributed by atoms with Crippen molar-refractivity contribution < 1.29 is 4.79 Å². The Kier molecular flexibility index (Phi) is 9.46. The predicted octanol–water partition coefficient (Wildman–Crippen LogP) is 3.21. The van der Waals surface area contributed by atoms with Crippen LogP contribution in [0.2, 0.25) is 0 Å². The van der Waals surface area contributed by atoms with Crippen molar-refractivity contribution in [1.29, 1.82) is 0 Å². The Bertz CT molecular complexity index is 253. The van der Waals surface area contributed by atoms with Crippen LogP contribution in [-0.4, -0.2) is 30.4 Å². The second-order valence-electron chi connectivity index (χ2n) is 6.22. The van der Waals surface area contributed by atoms with Crippen LogP contribution in [-0.2, 0) is 4.79 Å². The van der Waals surface area contributed by atoms with E-state index in [0.717, 1.165) is 19.4 Å². The van der Waals surface area contributed by atoms with E-state index in [-0.39, 0.29) is 18.4 Å². The lowest BCUT2D eigenvalue weighted by Gasteiger charge is -2.25. The van der Waals surface area contributed by atoms with Gasteiger partial charge in [-0.3, -0.25) is 4.79 Å². The summed E-state index contributed by atoms with van der Waals surface area (Å²) in [5, 5.41) is 0. The molecule has 2 N–H and O–H groups in total. The summed E-state index contributed by atoms with van der Waals surface area (Å²) in [5.74, 6) is 1.43. The number of carbonyl (C=O) groups is 1. The maximum absolute atomic E-state index is 12.1. The molecule has 0 heterocycles. The Balaban J connectivity index is 0.00000324. The molecule has 1 atom stereocenters. The van der Waals surface area contributed by atoms with E-state index in [1.807, 2.05) is 11.9 Å². The minimum atomic E-state index is 0. The van der Waals surface area contributed by atoms with Crippen LogP contribution in [0, 0.1) is 11.8 Å². The van der Waals surface area contributed by atoms with E-state index in [1.54, 1.807) is 0 Å². The maximum Gasteiger partial charge on any atom is 0.222 e. The van der Waals surface area contributed by atoms with Crippen molar-refractivity contribution in [3.8, 4) is 0 Å². The van der Waals surface area contributed by atoms with E-state index in [2.05, 4.69) is 13.8 Å². The molecule has 114 valence electrons. The summed E-state index contributed by atoms with van der Waals surface area (Å²) in [7, 11) is 1.91. The molecule has 1 rings (SSSR count). The molecule has 0 saturated heterocycles. The summed E-state index contributed by atoms with van der Waals surface area (Å²) in [6.07, 6.45) is 8.09. The van der Waals surface area contributed by atoms with Gasteiger partial charge in [-0.15, -0.1) is 12.4 Å². The number of hydrogen-bond donors (Lipinski definition) is 1. The number of halogens is 1. The molecular formula is C15H31ClN2O. The van der Waals surface area contributed by atoms with Crippen LogP contribution < -0.4 is 5.73 Å². The highest BCUT2D eigenvalue weighted by Gasteiger charge is 2.19. The fraction of sp³-hybridized carbons (Fsp3) is 0.933. The van der Waals surface area contributed by atoms with Gasteiger partial charge in [0, 0.05) is 26.1 Å². The van der Waals surface area contributed by atoms with Crippen molar-refractivity contribution in [2.45, 2.75) is 64.8 Å². The monoisotopic (exact) mass is 290 g/mol. The molecular weight excluding hydrogens is 260 g/mol. The van der Waals surface area contributed by atoms with Gasteiger partial charge in [0.2, 0.25) is 5.91 Å². The normalized spacial score (nSPS) is 17.9. The molecule has 1 saturated carbocycles. The van der Waals surface area contributed by atoms with Gasteiger partial charge >= 0.3 is 0 Å². The van der Waals surface area contributed by atoms with Gasteiger partial charge in [0.05, 0.1) is 0 Å². The van der Waals surface area contributed by atoms with Gasteiger partial charge < -0.3 is 10.6 Å². The lowest BCUT2D eigenvalue weighted by Crippen LogP contribution is -2.35. The van der Waals surface area contributed by atoms with Crippen LogP contribution in [0.4, 0.5) is 0 Å². The molecule has 1 unspecified atom stereocenters. The molecule has 3 nitrogen and oxygen atoms in total. The van der Waals surface area contributed by atoms with Crippen LogP contribution >= 0.6 is 12.4 Å². The first-order chi connectivity index (χ1) is 8.50. The van der Waals surface area contributed by atoms with Crippen LogP contribution in [0.5, 0.6) is 0 Å². The maximum atomic E-state index is 12.1. The lowest BCUT2D eigenvalue weighted by molar-refractivity contribution is -0.131. The van der Waals surface area contributed by atoms with E-state index in [9.17, 15) is 4.79 Å². The largest absolute Gasteiger partial charge is 0.346 e. The third kappa shape index (κ3) is 7.17. The molecule has 0 aromatic carbocycles. The Labute approximate surface area is 124 Å². The Morgan fingerprint density at radius 1 is 1.26 bits per heavy atom. The average Bonchev–Trinajstić information content (AvgIpc) is 2.36. The minimum Gasteiger partial charge on any atom is -0.346 e. The van der Waals surface area contributed by atoms with E-state index < -0.39 is 0 Å². The first-order valence-electron chi connectivity index (χ1n) is 7.50. The second kappa shape index (κ2) is 9.60. The van der Waals surface area contributed by atoms with Gasteiger partial charge in [-0.25, -0.2) is 0 Å². The van der Waals surface area contributed by atoms with Gasteiger partial charge in [-0.2, -0.15) is 0 Å². The molecule has 1 aliphatic rings. The Hall–Kier alpha value is -0.280. The molecule has 1 aliphatic carbocycles. The van der Waals surface area contributed by atoms with Crippen molar-refractivity contribution in [3.05, 3.63) is 0 Å². The van der Waals surface area contributed by atoms with Gasteiger partial charge in [0.25, 0.3) is 0 Å². The van der Waals surface area contributed by atoms with Gasteiger partial charge in [0.15, 0.2) is 0 Å². The molecule has 19 heavy (non-hydrogen) atoms. The van der Waals surface area contributed by atoms with Crippen LogP contribution in [0.25, 0.3) is 0 Å². The number of rotatable bonds is 6. The summed E-state index contributed by atoms with van der Waals surface area (Å²) >= 11 is 0. The van der Waals surface area contributed by atoms with Crippen LogP contribution in [0.1, 0.15) is 58.8 Å². The van der Waals surface area contributed by atoms with Crippen molar-refractivity contribution >= 4 is 18.3 Å². The topological polar surface area (TPSA) is 46.3 Å². The molecule has 0 aromatic rings. The quantitative estimate of drug-likeness (QED) is 0.816. The van der Waals surface area contributed by atoms with Crippen molar-refractivity contribution in [1.82, 2.24) is 4.90 Å². The lowest BCUT2D eigenvalue weighted by atomic mass is 9.86. The molecule has 0 bridgehead atoms. The SMILES string of the molecule is CC(C)C(N)CCN(C)C(=O)CC1CCCCC1.Cl. The van der Waals surface area contributed by atoms with Crippen molar-refractivity contribution in [3.63, 3.8) is 0 Å². The fourth-order valence-electron chi connectivity index (χ4n) is 2.59. The van der Waals surface area contributed by atoms with E-state index >= 15 is 0 Å². The van der Waals surface area contributed by atoms with Crippen LogP contribution in [0.15, 0.2) is 0 Å². The zero-order valence-corrected chi connectivity index (χ0v) is 13.5. The first-order valence-corrected chi connectivity index (χ1v) is 7.50. The summed E-state index contributed by atoms with van der Waals surface area (Å²) < 4.78 is 0. The molecule has 0 spiro atoms. The summed E-state index contributed by atoms with van der Waals surface area (Å²) in [5.41, 5.74) is 6.01. The smallest absolute Gasteiger partial charge is 0.222 e. The zero-order valence-electron chi connectivity index (χ0n) is 12.7. The highest BCUT2D eigenvalue weighted by Crippen LogP contribution is 2.26. The van der Waals surface area contributed by atoms with Gasteiger partial charge in [0.1, 0.15) is 0 Å². The molecule has 0 aliphatic heterocycles. The number of nitrogens with zero attached hydrogens (tertiary/aromatic N) is 1. The summed E-state index contributed by atoms with van der Waals surface area (Å²) in [6.45, 7) is 5.06. The molecule has 0 radical (unpaired) electrons. The third-order valence-corrected chi connectivity index (χ3v) is 4.27. The van der Waals surface area contributed by atoms with Crippen LogP contribution in [0.3, 0.4) is 0 Å². The highest BCUT2D eigenvalue weighted by atomic mass is 35.5. The van der Waals surface area contributed by atoms with E-state index in [0.29, 0.717) is 17.7 Å². The standard InChI is InChI=1S/C15H30N2O.ClH/c1-12(2)14(16)9-10-17(3)15(18)11-13-7-5-4-6-8-13;/h12-14H,4-11,16H2,1-3H3;1H. The Morgan fingerprint density at radius 2 is 1.84 bits per heavy atom. The minimum absolute atomic E-state index is 0. The first kappa shape index (κ1) is 18.7. The number of nitrogens with two attached hydrogens (primary N) is 1. The number of carbonyl (C=O) groups excluding carboxylic acids is 1. The fourth-order valence-corrected chi connectivity index (χ4v) is 2.59. The average molecular weight is 291 g/mol. The zero-order chi connectivity index (χ0) is 13.5. The van der Waals surface area contributed by atoms with Gasteiger partial charge in [-0.1, -0.05) is 33.1 Å². The van der Waals surface area contributed by atoms with Crippen molar-refractivity contribution in [2.24, 2.45) is 17.6 Å². The predicted molar refractivity (Wildman–Crippen MR) is 83.5 cm³/mol. The van der Waals surface area contributed by atoms with Crippen molar-refractivity contribution in [2.75, 3.05) is 13.6 Å². The molecule has 0 aromatic heterocycles. The summed E-state index contributed by atoms with van der Waals surface area (Å²) in [6, 6.07) is 0.204.